The van der Waals surface area contributed by atoms with Gasteiger partial charge in [0.2, 0.25) is 0 Å². The Morgan fingerprint density at radius 1 is 1.16 bits per heavy atom. The Labute approximate surface area is 188 Å². The number of quaternary nitrogens is 1. The average molecular weight is 434 g/mol. The third kappa shape index (κ3) is 3.96. The number of nitrogens with one attached hydrogen (secondary N) is 1. The summed E-state index contributed by atoms with van der Waals surface area (Å²) < 4.78 is 6.25. The summed E-state index contributed by atoms with van der Waals surface area (Å²) >= 11 is 0. The van der Waals surface area contributed by atoms with E-state index in [0.717, 1.165) is 28.8 Å². The van der Waals surface area contributed by atoms with Crippen molar-refractivity contribution in [2.24, 2.45) is 5.41 Å². The molecule has 2 N–H and O–H groups in total. The molecule has 166 valence electrons. The number of benzene rings is 2. The molecule has 1 aliphatic heterocycles. The Hall–Kier alpha value is -3.30. The van der Waals surface area contributed by atoms with E-state index in [9.17, 15) is 14.7 Å². The summed E-state index contributed by atoms with van der Waals surface area (Å²) in [6, 6.07) is 15.1. The number of carbonyl (C=O) groups is 2. The van der Waals surface area contributed by atoms with Crippen molar-refractivity contribution in [1.82, 2.24) is 5.32 Å². The van der Waals surface area contributed by atoms with Crippen molar-refractivity contribution in [3.63, 3.8) is 0 Å². The summed E-state index contributed by atoms with van der Waals surface area (Å²) in [7, 11) is 4.09. The van der Waals surface area contributed by atoms with Crippen LogP contribution in [0.3, 0.4) is 0 Å². The van der Waals surface area contributed by atoms with Gasteiger partial charge in [0.1, 0.15) is 12.0 Å². The van der Waals surface area contributed by atoms with Gasteiger partial charge in [-0.2, -0.15) is 0 Å². The first-order valence-corrected chi connectivity index (χ1v) is 10.9. The maximum Gasteiger partial charge on any atom is 0.407 e. The molecule has 1 aliphatic carbocycles. The smallest absolute Gasteiger partial charge is 0.407 e. The van der Waals surface area contributed by atoms with E-state index in [0.29, 0.717) is 17.4 Å². The van der Waals surface area contributed by atoms with Crippen LogP contribution in [0.1, 0.15) is 30.4 Å². The van der Waals surface area contributed by atoms with E-state index in [-0.39, 0.29) is 12.5 Å². The van der Waals surface area contributed by atoms with Gasteiger partial charge in [-0.05, 0) is 29.2 Å². The van der Waals surface area contributed by atoms with E-state index >= 15 is 0 Å². The second kappa shape index (κ2) is 8.33. The van der Waals surface area contributed by atoms with Crippen LogP contribution >= 0.6 is 0 Å². The highest BCUT2D eigenvalue weighted by molar-refractivity contribution is 5.82. The molecule has 2 aromatic rings. The Bertz CT molecular complexity index is 1070. The molecule has 0 bridgehead atoms. The lowest BCUT2D eigenvalue weighted by molar-refractivity contribution is -0.880. The molecule has 1 fully saturated rings. The molecule has 6 heteroatoms. The molecular formula is C26H29N2O4+. The van der Waals surface area contributed by atoms with E-state index in [2.05, 4.69) is 29.3 Å². The standard InChI is InChI=1S/C26H28N2O4/c1-4-13-26(14-15-28(2,3)17-26)23(24(29)30)27-25(31)32-16-22-20-11-7-5-9-18(20)19-10-6-8-12-21(19)22/h5-12,22-23H,14-17H2,1-3H3,(H-,27,29,30,31)/p+1/t23-,26-/m0/s1. The number of amides is 1. The fourth-order valence-electron chi connectivity index (χ4n) is 5.28. The summed E-state index contributed by atoms with van der Waals surface area (Å²) in [6.07, 6.45) is -0.129. The number of likely N-dealkylation sites (tertiary alicyclic amines) is 1. The molecule has 1 heterocycles. The average Bonchev–Trinajstić information content (AvgIpc) is 3.25. The zero-order chi connectivity index (χ0) is 22.9. The van der Waals surface area contributed by atoms with E-state index in [1.54, 1.807) is 6.92 Å². The minimum Gasteiger partial charge on any atom is -0.480 e. The van der Waals surface area contributed by atoms with Gasteiger partial charge < -0.3 is 19.6 Å². The zero-order valence-electron chi connectivity index (χ0n) is 18.7. The number of ether oxygens (including phenoxy) is 1. The van der Waals surface area contributed by atoms with Crippen LogP contribution in [-0.4, -0.2) is 61.5 Å². The number of aliphatic carboxylic acids is 1. The van der Waals surface area contributed by atoms with Crippen molar-refractivity contribution in [2.45, 2.75) is 25.3 Å². The molecule has 32 heavy (non-hydrogen) atoms. The molecule has 0 spiro atoms. The molecule has 0 unspecified atom stereocenters. The van der Waals surface area contributed by atoms with Gasteiger partial charge in [0.15, 0.2) is 6.04 Å². The number of carboxylic acid groups (broad SMARTS) is 1. The minimum absolute atomic E-state index is 0.0806. The van der Waals surface area contributed by atoms with E-state index in [1.807, 2.05) is 50.5 Å². The lowest BCUT2D eigenvalue weighted by Crippen LogP contribution is -2.54. The predicted octanol–water partition coefficient (Wildman–Crippen LogP) is 3.47. The van der Waals surface area contributed by atoms with E-state index in [4.69, 9.17) is 4.74 Å². The summed E-state index contributed by atoms with van der Waals surface area (Å²) in [5.74, 6) is 4.81. The van der Waals surface area contributed by atoms with Gasteiger partial charge >= 0.3 is 12.1 Å². The SMILES string of the molecule is CC#C[C@]1([C@@H](NC(=O)OCC2c3ccccc3-c3ccccc32)C(=O)O)CC[N+](C)(C)C1. The molecule has 2 aliphatic rings. The van der Waals surface area contributed by atoms with Crippen molar-refractivity contribution < 1.29 is 23.9 Å². The molecule has 2 aromatic carbocycles. The van der Waals surface area contributed by atoms with Crippen LogP contribution in [0.4, 0.5) is 4.79 Å². The van der Waals surface area contributed by atoms with Crippen molar-refractivity contribution in [1.29, 1.82) is 0 Å². The molecule has 0 saturated carbocycles. The predicted molar refractivity (Wildman–Crippen MR) is 122 cm³/mol. The third-order valence-electron chi connectivity index (χ3n) is 6.65. The first-order chi connectivity index (χ1) is 15.3. The van der Waals surface area contributed by atoms with Gasteiger partial charge in [-0.15, -0.1) is 5.92 Å². The second-order valence-corrected chi connectivity index (χ2v) is 9.34. The van der Waals surface area contributed by atoms with Crippen LogP contribution in [0.2, 0.25) is 0 Å². The van der Waals surface area contributed by atoms with Crippen LogP contribution in [0, 0.1) is 17.3 Å². The molecule has 1 amide bonds. The highest BCUT2D eigenvalue weighted by Crippen LogP contribution is 2.44. The normalized spacial score (nSPS) is 21.6. The van der Waals surface area contributed by atoms with Crippen LogP contribution < -0.4 is 5.32 Å². The number of alkyl carbamates (subject to hydrolysis) is 1. The topological polar surface area (TPSA) is 75.6 Å². The Balaban J connectivity index is 1.51. The van der Waals surface area contributed by atoms with Crippen LogP contribution in [0.25, 0.3) is 11.1 Å². The van der Waals surface area contributed by atoms with Gasteiger partial charge in [-0.3, -0.25) is 0 Å². The molecule has 1 saturated heterocycles. The Morgan fingerprint density at radius 3 is 2.25 bits per heavy atom. The Kier molecular flexibility index (Phi) is 5.70. The lowest BCUT2D eigenvalue weighted by Gasteiger charge is -2.31. The number of rotatable bonds is 5. The van der Waals surface area contributed by atoms with Crippen molar-refractivity contribution in [2.75, 3.05) is 33.8 Å². The van der Waals surface area contributed by atoms with Gasteiger partial charge in [0.25, 0.3) is 0 Å². The molecule has 6 nitrogen and oxygen atoms in total. The summed E-state index contributed by atoms with van der Waals surface area (Å²) in [5, 5.41) is 12.6. The Morgan fingerprint density at radius 2 is 1.75 bits per heavy atom. The fourth-order valence-corrected chi connectivity index (χ4v) is 5.28. The van der Waals surface area contributed by atoms with Crippen LogP contribution in [-0.2, 0) is 9.53 Å². The minimum atomic E-state index is -1.13. The van der Waals surface area contributed by atoms with Gasteiger partial charge in [0.05, 0.1) is 27.2 Å². The number of hydrogen-bond acceptors (Lipinski definition) is 3. The molecule has 0 radical (unpaired) electrons. The number of hydrogen-bond donors (Lipinski definition) is 2. The van der Waals surface area contributed by atoms with Crippen LogP contribution in [0.15, 0.2) is 48.5 Å². The van der Waals surface area contributed by atoms with Crippen molar-refractivity contribution in [3.8, 4) is 23.0 Å². The first kappa shape index (κ1) is 21.9. The number of fused-ring (bicyclic) bond motifs is 3. The van der Waals surface area contributed by atoms with Crippen molar-refractivity contribution >= 4 is 12.1 Å². The fraction of sp³-hybridized carbons (Fsp3) is 0.385. The maximum absolute atomic E-state index is 12.8. The number of carbonyl (C=O) groups excluding carboxylic acids is 1. The van der Waals surface area contributed by atoms with Gasteiger partial charge in [-0.25, -0.2) is 9.59 Å². The summed E-state index contributed by atoms with van der Waals surface area (Å²) in [4.78, 5) is 24.9. The first-order valence-electron chi connectivity index (χ1n) is 10.9. The third-order valence-corrected chi connectivity index (χ3v) is 6.65. The van der Waals surface area contributed by atoms with Crippen molar-refractivity contribution in [3.05, 3.63) is 59.7 Å². The summed E-state index contributed by atoms with van der Waals surface area (Å²) in [6.45, 7) is 3.19. The van der Waals surface area contributed by atoms with Crippen LogP contribution in [0.5, 0.6) is 0 Å². The second-order valence-electron chi connectivity index (χ2n) is 9.34. The quantitative estimate of drug-likeness (QED) is 0.559. The van der Waals surface area contributed by atoms with E-state index < -0.39 is 23.5 Å². The maximum atomic E-state index is 12.8. The lowest BCUT2D eigenvalue weighted by atomic mass is 9.79. The molecule has 0 aromatic heterocycles. The molecule has 2 atom stereocenters. The van der Waals surface area contributed by atoms with E-state index in [1.165, 1.54) is 0 Å². The highest BCUT2D eigenvalue weighted by atomic mass is 16.5. The number of carboxylic acids is 1. The molecule has 4 rings (SSSR count). The zero-order valence-corrected chi connectivity index (χ0v) is 18.7. The molecular weight excluding hydrogens is 404 g/mol. The summed E-state index contributed by atoms with van der Waals surface area (Å²) in [5.41, 5.74) is 3.68. The number of nitrogens with zero attached hydrogens (tertiary/aromatic N) is 1. The largest absolute Gasteiger partial charge is 0.480 e. The van der Waals surface area contributed by atoms with Gasteiger partial charge in [0, 0.05) is 12.3 Å². The highest BCUT2D eigenvalue weighted by Gasteiger charge is 2.53. The van der Waals surface area contributed by atoms with Gasteiger partial charge in [-0.1, -0.05) is 54.5 Å². The monoisotopic (exact) mass is 433 g/mol.